The molecule has 0 saturated heterocycles. The topological polar surface area (TPSA) is 29.9 Å². The maximum Gasteiger partial charge on any atom is 0.203 e. The maximum atomic E-state index is 4.43. The van der Waals surface area contributed by atoms with Crippen LogP contribution in [0.25, 0.3) is 0 Å². The number of nitrogens with one attached hydrogen (secondary N) is 1. The Labute approximate surface area is 79.2 Å². The van der Waals surface area contributed by atoms with Crippen molar-refractivity contribution >= 4 is 5.95 Å². The Morgan fingerprint density at radius 1 is 1.62 bits per heavy atom. The van der Waals surface area contributed by atoms with Crippen LogP contribution in [-0.2, 0) is 6.54 Å². The van der Waals surface area contributed by atoms with E-state index in [1.165, 1.54) is 12.8 Å². The van der Waals surface area contributed by atoms with Gasteiger partial charge >= 0.3 is 0 Å². The molecule has 1 heterocycles. The molecule has 1 N–H and O–H groups in total. The van der Waals surface area contributed by atoms with Gasteiger partial charge in [0, 0.05) is 19.3 Å². The van der Waals surface area contributed by atoms with Crippen LogP contribution in [-0.4, -0.2) is 16.1 Å². The molecule has 1 aromatic rings. The Morgan fingerprint density at radius 3 is 3.00 bits per heavy atom. The molecule has 0 bridgehead atoms. The lowest BCUT2D eigenvalue weighted by atomic mass is 10.4. The number of rotatable bonds is 4. The van der Waals surface area contributed by atoms with Gasteiger partial charge in [0.25, 0.3) is 0 Å². The minimum absolute atomic E-state index is 0.905. The molecule has 1 saturated carbocycles. The van der Waals surface area contributed by atoms with Crippen LogP contribution in [0.15, 0.2) is 6.20 Å². The maximum absolute atomic E-state index is 4.43. The third kappa shape index (κ3) is 2.02. The Hall–Kier alpha value is -0.990. The number of nitrogens with zero attached hydrogens (tertiary/aromatic N) is 2. The molecule has 13 heavy (non-hydrogen) atoms. The van der Waals surface area contributed by atoms with E-state index in [-0.39, 0.29) is 0 Å². The average molecular weight is 179 g/mol. The molecule has 0 aliphatic heterocycles. The van der Waals surface area contributed by atoms with E-state index in [0.29, 0.717) is 0 Å². The summed E-state index contributed by atoms with van der Waals surface area (Å²) in [5, 5.41) is 3.40. The molecule has 1 aliphatic carbocycles. The van der Waals surface area contributed by atoms with E-state index in [4.69, 9.17) is 0 Å². The van der Waals surface area contributed by atoms with Crippen LogP contribution in [0.2, 0.25) is 0 Å². The number of hydrogen-bond donors (Lipinski definition) is 1. The first-order valence-corrected chi connectivity index (χ1v) is 5.07. The van der Waals surface area contributed by atoms with E-state index < -0.39 is 0 Å². The minimum atomic E-state index is 0.905. The summed E-state index contributed by atoms with van der Waals surface area (Å²) >= 11 is 0. The first-order valence-electron chi connectivity index (χ1n) is 5.07. The largest absolute Gasteiger partial charge is 0.355 e. The molecular formula is C10H17N3. The van der Waals surface area contributed by atoms with E-state index in [0.717, 1.165) is 30.6 Å². The number of hydrogen-bond acceptors (Lipinski definition) is 2. The smallest absolute Gasteiger partial charge is 0.203 e. The highest BCUT2D eigenvalue weighted by Crippen LogP contribution is 2.28. The molecule has 0 radical (unpaired) electrons. The molecule has 3 heteroatoms. The van der Waals surface area contributed by atoms with Crippen LogP contribution in [0.5, 0.6) is 0 Å². The zero-order chi connectivity index (χ0) is 9.26. The lowest BCUT2D eigenvalue weighted by Crippen LogP contribution is -2.08. The van der Waals surface area contributed by atoms with Crippen molar-refractivity contribution in [2.75, 3.05) is 11.9 Å². The Morgan fingerprint density at radius 2 is 2.38 bits per heavy atom. The quantitative estimate of drug-likeness (QED) is 0.766. The second-order valence-electron chi connectivity index (χ2n) is 3.82. The second-order valence-corrected chi connectivity index (χ2v) is 3.82. The molecule has 0 amide bonds. The summed E-state index contributed by atoms with van der Waals surface area (Å²) in [5.74, 6) is 1.94. The third-order valence-corrected chi connectivity index (χ3v) is 2.48. The van der Waals surface area contributed by atoms with Gasteiger partial charge in [-0.05, 0) is 32.6 Å². The first kappa shape index (κ1) is 8.60. The lowest BCUT2D eigenvalue weighted by Gasteiger charge is -2.05. The van der Waals surface area contributed by atoms with Crippen molar-refractivity contribution in [3.05, 3.63) is 11.9 Å². The number of anilines is 1. The number of imidazole rings is 1. The molecule has 1 fully saturated rings. The molecule has 0 aromatic carbocycles. The van der Waals surface area contributed by atoms with Crippen molar-refractivity contribution in [2.24, 2.45) is 5.92 Å². The lowest BCUT2D eigenvalue weighted by molar-refractivity contribution is 0.753. The van der Waals surface area contributed by atoms with E-state index >= 15 is 0 Å². The summed E-state index contributed by atoms with van der Waals surface area (Å²) in [6, 6.07) is 0. The molecule has 0 spiro atoms. The van der Waals surface area contributed by atoms with Gasteiger partial charge in [0.1, 0.15) is 0 Å². The standard InChI is InChI=1S/C10H17N3/c1-3-13-7-8(2)12-10(13)11-6-9-4-5-9/h7,9H,3-6H2,1-2H3,(H,11,12). The molecule has 2 rings (SSSR count). The summed E-state index contributed by atoms with van der Waals surface area (Å²) in [6.45, 7) is 6.27. The summed E-state index contributed by atoms with van der Waals surface area (Å²) in [7, 11) is 0. The van der Waals surface area contributed by atoms with Gasteiger partial charge in [-0.1, -0.05) is 0 Å². The van der Waals surface area contributed by atoms with Gasteiger partial charge < -0.3 is 9.88 Å². The number of aromatic nitrogens is 2. The predicted octanol–water partition coefficient (Wildman–Crippen LogP) is 2.03. The zero-order valence-corrected chi connectivity index (χ0v) is 8.38. The molecular weight excluding hydrogens is 162 g/mol. The summed E-state index contributed by atoms with van der Waals surface area (Å²) in [4.78, 5) is 4.43. The van der Waals surface area contributed by atoms with Gasteiger partial charge in [-0.25, -0.2) is 4.98 Å². The normalized spacial score (nSPS) is 16.2. The molecule has 0 unspecified atom stereocenters. The van der Waals surface area contributed by atoms with Crippen LogP contribution in [0.4, 0.5) is 5.95 Å². The zero-order valence-electron chi connectivity index (χ0n) is 8.38. The predicted molar refractivity (Wildman–Crippen MR) is 53.9 cm³/mol. The van der Waals surface area contributed by atoms with Crippen LogP contribution in [0.3, 0.4) is 0 Å². The van der Waals surface area contributed by atoms with Gasteiger partial charge in [-0.2, -0.15) is 0 Å². The van der Waals surface area contributed by atoms with Crippen molar-refractivity contribution < 1.29 is 0 Å². The highest BCUT2D eigenvalue weighted by atomic mass is 15.2. The van der Waals surface area contributed by atoms with Crippen molar-refractivity contribution in [1.29, 1.82) is 0 Å². The van der Waals surface area contributed by atoms with Crippen molar-refractivity contribution in [3.63, 3.8) is 0 Å². The fourth-order valence-corrected chi connectivity index (χ4v) is 1.49. The Balaban J connectivity index is 1.99. The molecule has 72 valence electrons. The molecule has 0 atom stereocenters. The van der Waals surface area contributed by atoms with Gasteiger partial charge in [-0.3, -0.25) is 0 Å². The van der Waals surface area contributed by atoms with Crippen molar-refractivity contribution in [1.82, 2.24) is 9.55 Å². The summed E-state index contributed by atoms with van der Waals surface area (Å²) in [6.07, 6.45) is 4.87. The summed E-state index contributed by atoms with van der Waals surface area (Å²) < 4.78 is 2.16. The first-order chi connectivity index (χ1) is 6.29. The Bertz CT molecular complexity index is 286. The fraction of sp³-hybridized carbons (Fsp3) is 0.700. The van der Waals surface area contributed by atoms with Gasteiger partial charge in [0.15, 0.2) is 0 Å². The summed E-state index contributed by atoms with van der Waals surface area (Å²) in [5.41, 5.74) is 1.10. The third-order valence-electron chi connectivity index (χ3n) is 2.48. The van der Waals surface area contributed by atoms with Crippen LogP contribution in [0.1, 0.15) is 25.5 Å². The average Bonchev–Trinajstić information content (AvgIpc) is 2.87. The van der Waals surface area contributed by atoms with Gasteiger partial charge in [-0.15, -0.1) is 0 Å². The molecule has 3 nitrogen and oxygen atoms in total. The van der Waals surface area contributed by atoms with E-state index in [1.54, 1.807) is 0 Å². The van der Waals surface area contributed by atoms with Crippen molar-refractivity contribution in [3.8, 4) is 0 Å². The highest BCUT2D eigenvalue weighted by molar-refractivity contribution is 5.28. The van der Waals surface area contributed by atoms with E-state index in [1.807, 2.05) is 6.92 Å². The monoisotopic (exact) mass is 179 g/mol. The Kier molecular flexibility index (Phi) is 2.25. The minimum Gasteiger partial charge on any atom is -0.355 e. The van der Waals surface area contributed by atoms with Crippen LogP contribution >= 0.6 is 0 Å². The SMILES string of the molecule is CCn1cc(C)nc1NCC1CC1. The van der Waals surface area contributed by atoms with Crippen LogP contribution < -0.4 is 5.32 Å². The van der Waals surface area contributed by atoms with E-state index in [2.05, 4.69) is 28.0 Å². The molecule has 1 aliphatic rings. The van der Waals surface area contributed by atoms with Gasteiger partial charge in [0.05, 0.1) is 5.69 Å². The van der Waals surface area contributed by atoms with E-state index in [9.17, 15) is 0 Å². The highest BCUT2D eigenvalue weighted by Gasteiger charge is 2.21. The second kappa shape index (κ2) is 3.40. The van der Waals surface area contributed by atoms with Crippen LogP contribution in [0, 0.1) is 12.8 Å². The fourth-order valence-electron chi connectivity index (χ4n) is 1.49. The number of aryl methyl sites for hydroxylation is 2. The molecule has 1 aromatic heterocycles. The van der Waals surface area contributed by atoms with Gasteiger partial charge in [0.2, 0.25) is 5.95 Å². The van der Waals surface area contributed by atoms with Crippen molar-refractivity contribution in [2.45, 2.75) is 33.2 Å².